The van der Waals surface area contributed by atoms with Crippen LogP contribution in [0.1, 0.15) is 0 Å². The van der Waals surface area contributed by atoms with E-state index in [9.17, 15) is 0 Å². The van der Waals surface area contributed by atoms with Crippen molar-refractivity contribution < 1.29 is 13.0 Å². The summed E-state index contributed by atoms with van der Waals surface area (Å²) in [7, 11) is 12.2. The van der Waals surface area contributed by atoms with E-state index < -0.39 is 36.7 Å². The van der Waals surface area contributed by atoms with Crippen molar-refractivity contribution in [1.29, 1.82) is 0 Å². The van der Waals surface area contributed by atoms with E-state index in [1.807, 2.05) is 0 Å². The van der Waals surface area contributed by atoms with E-state index in [0.29, 0.717) is 0 Å². The fraction of sp³-hybridized carbons (Fsp3) is 0. The molecule has 7 heteroatoms. The van der Waals surface area contributed by atoms with Crippen molar-refractivity contribution in [3.8, 4) is 0 Å². The van der Waals surface area contributed by atoms with Gasteiger partial charge in [0.05, 0.1) is 23.8 Å². The van der Waals surface area contributed by atoms with Gasteiger partial charge >= 0.3 is 42.1 Å². The third-order valence-electron chi connectivity index (χ3n) is 9.56. The molecule has 0 aliphatic carbocycles. The Balaban J connectivity index is 0.000000146. The van der Waals surface area contributed by atoms with Crippen molar-refractivity contribution in [3.05, 3.63) is 273 Å². The van der Waals surface area contributed by atoms with E-state index in [0.717, 1.165) is 0 Å². The van der Waals surface area contributed by atoms with E-state index in [2.05, 4.69) is 273 Å². The Kier molecular flexibility index (Phi) is 19.9. The van der Waals surface area contributed by atoms with Crippen LogP contribution in [0.15, 0.2) is 273 Å². The largest absolute Gasteiger partial charge is 0.102 e. The van der Waals surface area contributed by atoms with Gasteiger partial charge in [-0.1, -0.05) is 164 Å². The zero-order chi connectivity index (χ0) is 42.3. The maximum Gasteiger partial charge on any atom is 0.102 e. The van der Waals surface area contributed by atoms with Gasteiger partial charge in [-0.3, -0.25) is 0 Å². The zero-order valence-corrected chi connectivity index (χ0v) is 40.5. The summed E-state index contributed by atoms with van der Waals surface area (Å²) < 4.78 is 0. The summed E-state index contributed by atoms with van der Waals surface area (Å²) in [5.41, 5.74) is 0. The van der Waals surface area contributed by atoms with Crippen LogP contribution in [0.5, 0.6) is 0 Å². The van der Waals surface area contributed by atoms with Crippen LogP contribution in [0.25, 0.3) is 0 Å². The molecule has 0 unspecified atom stereocenters. The molecular formula is C54H48Cl3P3Ru+3. The van der Waals surface area contributed by atoms with Crippen molar-refractivity contribution in [2.75, 3.05) is 0 Å². The first kappa shape index (κ1) is 46.3. The first-order valence-corrected chi connectivity index (χ1v) is 31.1. The number of halogens is 3. The molecule has 0 N–H and O–H groups in total. The van der Waals surface area contributed by atoms with Gasteiger partial charge in [-0.2, -0.15) is 0 Å². The Morgan fingerprint density at radius 1 is 0.180 bits per heavy atom. The predicted molar refractivity (Wildman–Crippen MR) is 277 cm³/mol. The van der Waals surface area contributed by atoms with Crippen molar-refractivity contribution >= 4 is 101 Å². The van der Waals surface area contributed by atoms with Gasteiger partial charge in [-0.25, -0.2) is 0 Å². The normalized spacial score (nSPS) is 10.6. The molecule has 0 bridgehead atoms. The molecule has 305 valence electrons. The molecule has 0 saturated carbocycles. The summed E-state index contributed by atoms with van der Waals surface area (Å²) in [5, 5.41) is 12.9. The molecule has 0 fully saturated rings. The molecule has 9 aromatic carbocycles. The second-order valence-corrected chi connectivity index (χ2v) is 28.9. The van der Waals surface area contributed by atoms with Crippen LogP contribution < -0.4 is 47.7 Å². The van der Waals surface area contributed by atoms with Crippen LogP contribution >= 0.6 is 52.8 Å². The van der Waals surface area contributed by atoms with E-state index in [4.69, 9.17) is 29.1 Å². The molecule has 0 aliphatic rings. The van der Waals surface area contributed by atoms with Gasteiger partial charge in [0.2, 0.25) is 0 Å². The number of benzene rings is 9. The molecular weight excluding hydrogens is 949 g/mol. The van der Waals surface area contributed by atoms with Crippen molar-refractivity contribution in [2.24, 2.45) is 0 Å². The first-order chi connectivity index (χ1) is 30.1. The SMILES string of the molecule is [Cl][Ru]([Cl])[Cl].c1ccc([PH+](c2ccccc2)c2ccccc2)cc1.c1ccc([PH+](c2ccccc2)c2ccccc2)cc1.c1ccc([PH+](c2ccccc2)c2ccccc2)cc1. The minimum Gasteiger partial charge on any atom is -0.0620 e. The molecule has 0 radical (unpaired) electrons. The average Bonchev–Trinajstić information content (AvgIpc) is 3.33. The minimum atomic E-state index is -1.75. The summed E-state index contributed by atoms with van der Waals surface area (Å²) in [4.78, 5) is 0. The van der Waals surface area contributed by atoms with Gasteiger partial charge in [0.15, 0.2) is 0 Å². The Labute approximate surface area is 383 Å². The van der Waals surface area contributed by atoms with E-state index in [1.54, 1.807) is 0 Å². The van der Waals surface area contributed by atoms with Crippen LogP contribution in [0.3, 0.4) is 0 Å². The second kappa shape index (κ2) is 26.3. The summed E-state index contributed by atoms with van der Waals surface area (Å²) >= 11 is -1.75. The summed E-state index contributed by atoms with van der Waals surface area (Å²) in [6.45, 7) is 0. The molecule has 0 nitrogen and oxygen atoms in total. The summed E-state index contributed by atoms with van der Waals surface area (Å²) in [6, 6.07) is 97.5. The van der Waals surface area contributed by atoms with Crippen LogP contribution in [0.2, 0.25) is 0 Å². The Morgan fingerprint density at radius 3 is 0.344 bits per heavy atom. The standard InChI is InChI=1S/3C18H15P.3ClH.Ru/c3*1-4-10-16(11-5-1)19(17-12-6-2-7-13-17)18-14-8-3-9-15-18;;;;/h3*1-15H;3*1H;/q;;;;;;+3. The smallest absolute Gasteiger partial charge is 0.0620 e. The predicted octanol–water partition coefficient (Wildman–Crippen LogP) is 11.6. The summed E-state index contributed by atoms with van der Waals surface area (Å²) in [5.74, 6) is 0. The molecule has 61 heavy (non-hydrogen) atoms. The second-order valence-electron chi connectivity index (χ2n) is 13.6. The average molecular weight is 997 g/mol. The molecule has 9 rings (SSSR count). The zero-order valence-electron chi connectivity index (χ0n) is 33.5. The van der Waals surface area contributed by atoms with Crippen LogP contribution in [0.4, 0.5) is 0 Å². The quantitative estimate of drug-likeness (QED) is 0.0999. The molecule has 0 amide bonds. The molecule has 0 heterocycles. The van der Waals surface area contributed by atoms with Gasteiger partial charge in [0.25, 0.3) is 0 Å². The van der Waals surface area contributed by atoms with Gasteiger partial charge < -0.3 is 0 Å². The van der Waals surface area contributed by atoms with Crippen LogP contribution in [0, 0.1) is 0 Å². The third-order valence-corrected chi connectivity index (χ3v) is 17.8. The maximum atomic E-state index is 4.95. The number of hydrogen-bond acceptors (Lipinski definition) is 0. The molecule has 0 aliphatic heterocycles. The number of rotatable bonds is 9. The summed E-state index contributed by atoms with van der Waals surface area (Å²) in [6.07, 6.45) is 0. The Hall–Kier alpha value is -4.24. The fourth-order valence-electron chi connectivity index (χ4n) is 6.94. The molecule has 0 aromatic heterocycles. The van der Waals surface area contributed by atoms with Crippen molar-refractivity contribution in [1.82, 2.24) is 0 Å². The van der Waals surface area contributed by atoms with Crippen molar-refractivity contribution in [3.63, 3.8) is 0 Å². The van der Waals surface area contributed by atoms with Gasteiger partial charge in [-0.05, 0) is 109 Å². The maximum absolute atomic E-state index is 4.95. The van der Waals surface area contributed by atoms with Crippen molar-refractivity contribution in [2.45, 2.75) is 0 Å². The first-order valence-electron chi connectivity index (χ1n) is 19.8. The van der Waals surface area contributed by atoms with Crippen LogP contribution in [-0.2, 0) is 13.0 Å². The topological polar surface area (TPSA) is 0 Å². The number of hydrogen-bond donors (Lipinski definition) is 0. The van der Waals surface area contributed by atoms with Gasteiger partial charge in [0.1, 0.15) is 47.7 Å². The Bertz CT molecular complexity index is 1930. The minimum absolute atomic E-state index is 0.877. The van der Waals surface area contributed by atoms with E-state index >= 15 is 0 Å². The molecule has 0 spiro atoms. The van der Waals surface area contributed by atoms with Crippen LogP contribution in [-0.4, -0.2) is 0 Å². The van der Waals surface area contributed by atoms with E-state index in [1.165, 1.54) is 47.7 Å². The van der Waals surface area contributed by atoms with Gasteiger partial charge in [-0.15, -0.1) is 0 Å². The molecule has 0 saturated heterocycles. The van der Waals surface area contributed by atoms with E-state index in [-0.39, 0.29) is 0 Å². The van der Waals surface area contributed by atoms with Gasteiger partial charge in [0, 0.05) is 0 Å². The third kappa shape index (κ3) is 15.0. The molecule has 9 aromatic rings. The molecule has 0 atom stereocenters. The monoisotopic (exact) mass is 996 g/mol. The fourth-order valence-corrected chi connectivity index (χ4v) is 14.7. The Morgan fingerprint density at radius 2 is 0.262 bits per heavy atom.